The summed E-state index contributed by atoms with van der Waals surface area (Å²) in [5, 5.41) is 22.4. The molecule has 4 aromatic rings. The zero-order valence-electron chi connectivity index (χ0n) is 16.6. The summed E-state index contributed by atoms with van der Waals surface area (Å²) in [4.78, 5) is 39.1. The smallest absolute Gasteiger partial charge is 0.344 e. The summed E-state index contributed by atoms with van der Waals surface area (Å²) in [5.41, 5.74) is -0.477. The number of fused-ring (bicyclic) bond motifs is 2. The van der Waals surface area contributed by atoms with Crippen molar-refractivity contribution in [3.63, 3.8) is 0 Å². The molecule has 0 amide bonds. The average molecular weight is 424 g/mol. The first-order valence-corrected chi connectivity index (χ1v) is 9.90. The molecule has 0 radical (unpaired) electrons. The normalized spacial score (nSPS) is 14.5. The number of aliphatic hydroxyl groups is 1. The highest BCUT2D eigenvalue weighted by Gasteiger charge is 2.40. The van der Waals surface area contributed by atoms with E-state index in [2.05, 4.69) is 0 Å². The highest BCUT2D eigenvalue weighted by atomic mass is 16.4. The second-order valence-electron chi connectivity index (χ2n) is 7.46. The number of aliphatic hydroxyl groups excluding tert-OH is 1. The van der Waals surface area contributed by atoms with Crippen molar-refractivity contribution in [1.82, 2.24) is 0 Å². The molecule has 1 aliphatic rings. The number of para-hydroxylation sites is 1. The lowest BCUT2D eigenvalue weighted by atomic mass is 9.76. The number of hydrogen-bond donors (Lipinski definition) is 2. The second-order valence-corrected chi connectivity index (χ2v) is 7.46. The Labute approximate surface area is 181 Å². The molecule has 3 aromatic carbocycles. The summed E-state index contributed by atoms with van der Waals surface area (Å²) < 4.78 is 5.42. The van der Waals surface area contributed by atoms with Crippen molar-refractivity contribution in [2.75, 3.05) is 0 Å². The van der Waals surface area contributed by atoms with E-state index in [1.807, 2.05) is 0 Å². The third-order valence-electron chi connectivity index (χ3n) is 5.66. The van der Waals surface area contributed by atoms with Crippen LogP contribution in [0.2, 0.25) is 0 Å². The minimum absolute atomic E-state index is 0.0836. The van der Waals surface area contributed by atoms with Gasteiger partial charge in [-0.05, 0) is 17.7 Å². The van der Waals surface area contributed by atoms with Crippen molar-refractivity contribution in [2.24, 2.45) is 0 Å². The molecule has 156 valence electrons. The predicted molar refractivity (Wildman–Crippen MR) is 118 cm³/mol. The van der Waals surface area contributed by atoms with E-state index in [1.54, 1.807) is 66.7 Å². The van der Waals surface area contributed by atoms with Crippen molar-refractivity contribution in [3.8, 4) is 5.75 Å². The van der Waals surface area contributed by atoms with Crippen LogP contribution in [-0.4, -0.2) is 21.8 Å². The van der Waals surface area contributed by atoms with Gasteiger partial charge >= 0.3 is 5.63 Å². The van der Waals surface area contributed by atoms with Crippen LogP contribution in [0.15, 0.2) is 93.6 Å². The molecule has 1 aromatic heterocycles. The molecule has 2 N–H and O–H groups in total. The fraction of sp³-hybridized carbons (Fsp3) is 0.0385. The molecule has 6 nitrogen and oxygen atoms in total. The molecule has 1 heterocycles. The maximum absolute atomic E-state index is 13.2. The topological polar surface area (TPSA) is 105 Å². The molecule has 0 spiro atoms. The van der Waals surface area contributed by atoms with E-state index < -0.39 is 28.9 Å². The lowest BCUT2D eigenvalue weighted by Gasteiger charge is -2.25. The van der Waals surface area contributed by atoms with Crippen LogP contribution in [0.5, 0.6) is 5.75 Å². The molecule has 0 fully saturated rings. The van der Waals surface area contributed by atoms with Gasteiger partial charge in [0.05, 0.1) is 22.4 Å². The van der Waals surface area contributed by atoms with Gasteiger partial charge in [0.2, 0.25) is 11.6 Å². The Morgan fingerprint density at radius 3 is 2.06 bits per heavy atom. The van der Waals surface area contributed by atoms with Crippen molar-refractivity contribution in [2.45, 2.75) is 5.92 Å². The number of carbonyl (C=O) groups excluding carboxylic acids is 2. The Bertz CT molecular complexity index is 1490. The van der Waals surface area contributed by atoms with E-state index in [1.165, 1.54) is 12.1 Å². The van der Waals surface area contributed by atoms with Gasteiger partial charge in [-0.1, -0.05) is 66.7 Å². The van der Waals surface area contributed by atoms with Gasteiger partial charge in [0.15, 0.2) is 0 Å². The molecule has 1 aliphatic carbocycles. The van der Waals surface area contributed by atoms with Crippen LogP contribution in [0.1, 0.15) is 33.0 Å². The van der Waals surface area contributed by atoms with Gasteiger partial charge in [0.1, 0.15) is 17.1 Å². The fourth-order valence-electron chi connectivity index (χ4n) is 4.18. The summed E-state index contributed by atoms with van der Waals surface area (Å²) in [6.45, 7) is 0. The van der Waals surface area contributed by atoms with Crippen molar-refractivity contribution in [3.05, 3.63) is 117 Å². The zero-order valence-corrected chi connectivity index (χ0v) is 16.6. The van der Waals surface area contributed by atoms with Crippen LogP contribution in [0.4, 0.5) is 0 Å². The SMILES string of the molecule is O=C1C(=O)c2ccccc2C(O)=C1C(c1ccccc1)c1c(O)c2ccccc2oc1=O. The lowest BCUT2D eigenvalue weighted by Crippen LogP contribution is -2.29. The summed E-state index contributed by atoms with van der Waals surface area (Å²) in [6, 6.07) is 21.1. The van der Waals surface area contributed by atoms with E-state index in [-0.39, 0.29) is 39.0 Å². The number of aromatic hydroxyl groups is 1. The number of carbonyl (C=O) groups is 2. The summed E-state index contributed by atoms with van der Waals surface area (Å²) in [6.07, 6.45) is 0. The van der Waals surface area contributed by atoms with Crippen LogP contribution >= 0.6 is 0 Å². The number of hydrogen-bond acceptors (Lipinski definition) is 6. The van der Waals surface area contributed by atoms with Gasteiger partial charge in [-0.15, -0.1) is 0 Å². The first kappa shape index (κ1) is 19.5. The first-order valence-electron chi connectivity index (χ1n) is 9.90. The number of rotatable bonds is 3. The zero-order chi connectivity index (χ0) is 22.4. The number of ketones is 2. The number of allylic oxidation sites excluding steroid dienone is 1. The predicted octanol–water partition coefficient (Wildman–Crippen LogP) is 4.37. The number of Topliss-reactive ketones (excluding diaryl/α,β-unsaturated/α-hetero) is 2. The molecule has 0 saturated heterocycles. The number of benzene rings is 3. The van der Waals surface area contributed by atoms with Crippen LogP contribution in [0.25, 0.3) is 16.7 Å². The Morgan fingerprint density at radius 2 is 1.31 bits per heavy atom. The fourth-order valence-corrected chi connectivity index (χ4v) is 4.18. The standard InChI is InChI=1S/C26H16O6/c27-22-15-10-4-5-11-16(15)24(29)25(30)20(22)19(14-8-2-1-3-9-14)21-23(28)17-12-6-7-13-18(17)32-26(21)31/h1-13,19,27-28H. The molecule has 6 heteroatoms. The van der Waals surface area contributed by atoms with Crippen molar-refractivity contribution >= 4 is 28.3 Å². The molecule has 0 bridgehead atoms. The van der Waals surface area contributed by atoms with Crippen molar-refractivity contribution < 1.29 is 24.2 Å². The van der Waals surface area contributed by atoms with E-state index >= 15 is 0 Å². The molecule has 32 heavy (non-hydrogen) atoms. The lowest BCUT2D eigenvalue weighted by molar-refractivity contribution is -0.112. The monoisotopic (exact) mass is 424 g/mol. The van der Waals surface area contributed by atoms with E-state index in [0.29, 0.717) is 5.56 Å². The highest BCUT2D eigenvalue weighted by Crippen LogP contribution is 2.43. The van der Waals surface area contributed by atoms with Crippen LogP contribution in [0.3, 0.4) is 0 Å². The molecule has 1 unspecified atom stereocenters. The molecular formula is C26H16O6. The van der Waals surface area contributed by atoms with Gasteiger partial charge in [0, 0.05) is 11.1 Å². The van der Waals surface area contributed by atoms with Crippen molar-refractivity contribution in [1.29, 1.82) is 0 Å². The van der Waals surface area contributed by atoms with Gasteiger partial charge in [-0.3, -0.25) is 9.59 Å². The van der Waals surface area contributed by atoms with Gasteiger partial charge in [-0.2, -0.15) is 0 Å². The Balaban J connectivity index is 1.88. The highest BCUT2D eigenvalue weighted by molar-refractivity contribution is 6.52. The minimum Gasteiger partial charge on any atom is -0.507 e. The Hall–Kier alpha value is -4.45. The summed E-state index contributed by atoms with van der Waals surface area (Å²) in [5.74, 6) is -3.74. The van der Waals surface area contributed by atoms with Crippen LogP contribution < -0.4 is 5.63 Å². The third kappa shape index (κ3) is 2.85. The maximum atomic E-state index is 13.2. The third-order valence-corrected chi connectivity index (χ3v) is 5.66. The summed E-state index contributed by atoms with van der Waals surface area (Å²) >= 11 is 0. The molecule has 0 aliphatic heterocycles. The maximum Gasteiger partial charge on any atom is 0.344 e. The van der Waals surface area contributed by atoms with E-state index in [9.17, 15) is 24.6 Å². The van der Waals surface area contributed by atoms with E-state index in [4.69, 9.17) is 4.42 Å². The summed E-state index contributed by atoms with van der Waals surface area (Å²) in [7, 11) is 0. The first-order chi connectivity index (χ1) is 15.5. The average Bonchev–Trinajstić information content (AvgIpc) is 2.82. The Morgan fingerprint density at radius 1 is 0.688 bits per heavy atom. The second kappa shape index (κ2) is 7.35. The van der Waals surface area contributed by atoms with Gasteiger partial charge < -0.3 is 14.6 Å². The quantitative estimate of drug-likeness (QED) is 0.374. The largest absolute Gasteiger partial charge is 0.507 e. The van der Waals surface area contributed by atoms with E-state index in [0.717, 1.165) is 0 Å². The molecule has 5 rings (SSSR count). The van der Waals surface area contributed by atoms with Gasteiger partial charge in [-0.25, -0.2) is 4.79 Å². The van der Waals surface area contributed by atoms with Crippen LogP contribution in [0, 0.1) is 0 Å². The van der Waals surface area contributed by atoms with Gasteiger partial charge in [0.25, 0.3) is 0 Å². The van der Waals surface area contributed by atoms with Crippen LogP contribution in [-0.2, 0) is 4.79 Å². The molecule has 1 atom stereocenters. The Kier molecular flexibility index (Phi) is 4.48. The molecule has 0 saturated carbocycles. The minimum atomic E-state index is -1.22. The molecular weight excluding hydrogens is 408 g/mol.